The summed E-state index contributed by atoms with van der Waals surface area (Å²) >= 11 is 0. The molecule has 1 aliphatic heterocycles. The van der Waals surface area contributed by atoms with Gasteiger partial charge in [-0.15, -0.1) is 10.2 Å². The van der Waals surface area contributed by atoms with Gasteiger partial charge in [-0.3, -0.25) is 4.79 Å². The quantitative estimate of drug-likeness (QED) is 0.650. The molecule has 1 saturated carbocycles. The number of aromatic hydroxyl groups is 1. The van der Waals surface area contributed by atoms with E-state index in [1.54, 1.807) is 37.8 Å². The van der Waals surface area contributed by atoms with Crippen molar-refractivity contribution in [3.05, 3.63) is 53.4 Å². The molecule has 0 bridgehead atoms. The molecule has 1 fully saturated rings. The van der Waals surface area contributed by atoms with Crippen molar-refractivity contribution in [2.75, 3.05) is 0 Å². The van der Waals surface area contributed by atoms with Crippen LogP contribution in [0.1, 0.15) is 48.5 Å². The normalized spacial score (nSPS) is 17.2. The summed E-state index contributed by atoms with van der Waals surface area (Å²) in [6, 6.07) is 10.7. The maximum absolute atomic E-state index is 13.5. The summed E-state index contributed by atoms with van der Waals surface area (Å²) in [7, 11) is 0. The Morgan fingerprint density at radius 1 is 1.10 bits per heavy atom. The minimum atomic E-state index is -1.02. The molecule has 2 aromatic carbocycles. The van der Waals surface area contributed by atoms with Crippen LogP contribution in [0.15, 0.2) is 40.8 Å². The van der Waals surface area contributed by atoms with E-state index in [1.165, 1.54) is 0 Å². The fraction of sp³-hybridized carbons (Fsp3) is 0.375. The molecule has 7 nitrogen and oxygen atoms in total. The third-order valence-corrected chi connectivity index (χ3v) is 6.19. The van der Waals surface area contributed by atoms with Gasteiger partial charge < -0.3 is 19.5 Å². The van der Waals surface area contributed by atoms with E-state index in [0.29, 0.717) is 35.4 Å². The second kappa shape index (κ2) is 6.92. The molecule has 2 N–H and O–H groups in total. The number of aliphatic hydroxyl groups is 1. The fourth-order valence-corrected chi connectivity index (χ4v) is 4.72. The summed E-state index contributed by atoms with van der Waals surface area (Å²) < 4.78 is 5.48. The molecule has 31 heavy (non-hydrogen) atoms. The Bertz CT molecular complexity index is 1160. The van der Waals surface area contributed by atoms with E-state index in [2.05, 4.69) is 10.2 Å². The van der Waals surface area contributed by atoms with E-state index < -0.39 is 5.60 Å². The Hall–Kier alpha value is -3.19. The summed E-state index contributed by atoms with van der Waals surface area (Å²) in [5.74, 6) is 1.20. The van der Waals surface area contributed by atoms with Crippen molar-refractivity contribution in [2.24, 2.45) is 5.92 Å². The second-order valence-electron chi connectivity index (χ2n) is 9.06. The van der Waals surface area contributed by atoms with E-state index in [0.717, 1.165) is 29.5 Å². The summed E-state index contributed by atoms with van der Waals surface area (Å²) in [5.41, 5.74) is 2.53. The highest BCUT2D eigenvalue weighted by molar-refractivity contribution is 6.05. The van der Waals surface area contributed by atoms with Crippen molar-refractivity contribution < 1.29 is 19.4 Å². The van der Waals surface area contributed by atoms with Crippen molar-refractivity contribution in [3.63, 3.8) is 0 Å². The molecule has 5 rings (SSSR count). The van der Waals surface area contributed by atoms with Crippen LogP contribution in [0.4, 0.5) is 0 Å². The fourth-order valence-electron chi connectivity index (χ4n) is 4.72. The van der Waals surface area contributed by atoms with Crippen LogP contribution < -0.4 is 0 Å². The van der Waals surface area contributed by atoms with Crippen molar-refractivity contribution in [1.82, 2.24) is 15.1 Å². The molecular formula is C24H25N3O4. The maximum atomic E-state index is 13.5. The minimum Gasteiger partial charge on any atom is -0.508 e. The molecule has 1 aromatic heterocycles. The topological polar surface area (TPSA) is 99.7 Å². The van der Waals surface area contributed by atoms with E-state index in [-0.39, 0.29) is 17.7 Å². The lowest BCUT2D eigenvalue weighted by Gasteiger charge is -2.37. The Labute approximate surface area is 180 Å². The van der Waals surface area contributed by atoms with Crippen molar-refractivity contribution in [2.45, 2.75) is 51.8 Å². The molecule has 1 amide bonds. The largest absolute Gasteiger partial charge is 0.508 e. The Morgan fingerprint density at radius 2 is 1.77 bits per heavy atom. The lowest BCUT2D eigenvalue weighted by Crippen LogP contribution is -2.51. The average molecular weight is 419 g/mol. The molecule has 2 aliphatic rings. The third-order valence-electron chi connectivity index (χ3n) is 6.19. The number of carbonyl (C=O) groups excluding carboxylic acids is 1. The van der Waals surface area contributed by atoms with E-state index in [4.69, 9.17) is 4.42 Å². The average Bonchev–Trinajstić information content (AvgIpc) is 3.36. The number of amides is 1. The van der Waals surface area contributed by atoms with Crippen molar-refractivity contribution in [1.29, 1.82) is 0 Å². The molecule has 0 saturated heterocycles. The molecule has 7 heteroatoms. The maximum Gasteiger partial charge on any atom is 0.255 e. The zero-order valence-corrected chi connectivity index (χ0v) is 17.8. The van der Waals surface area contributed by atoms with Crippen LogP contribution in [0.5, 0.6) is 5.75 Å². The second-order valence-corrected chi connectivity index (χ2v) is 9.06. The number of nitrogens with zero attached hydrogens (tertiary/aromatic N) is 3. The number of benzene rings is 2. The zero-order valence-electron chi connectivity index (χ0n) is 17.8. The van der Waals surface area contributed by atoms with Gasteiger partial charge in [0, 0.05) is 18.1 Å². The molecule has 0 radical (unpaired) electrons. The molecule has 3 aromatic rings. The van der Waals surface area contributed by atoms with Crippen LogP contribution in [0, 0.1) is 12.8 Å². The number of hydrogen-bond donors (Lipinski definition) is 2. The third kappa shape index (κ3) is 3.39. The van der Waals surface area contributed by atoms with Crippen LogP contribution >= 0.6 is 0 Å². The summed E-state index contributed by atoms with van der Waals surface area (Å²) in [4.78, 5) is 15.3. The minimum absolute atomic E-state index is 0.109. The van der Waals surface area contributed by atoms with Gasteiger partial charge in [-0.1, -0.05) is 12.1 Å². The molecular weight excluding hydrogens is 394 g/mol. The Morgan fingerprint density at radius 3 is 2.35 bits per heavy atom. The van der Waals surface area contributed by atoms with E-state index in [1.807, 2.05) is 24.3 Å². The van der Waals surface area contributed by atoms with Crippen molar-refractivity contribution in [3.8, 4) is 28.3 Å². The molecule has 2 heterocycles. The molecule has 1 aliphatic carbocycles. The van der Waals surface area contributed by atoms with Crippen LogP contribution in [-0.2, 0) is 6.54 Å². The number of rotatable bonds is 5. The predicted molar refractivity (Wildman–Crippen MR) is 114 cm³/mol. The summed E-state index contributed by atoms with van der Waals surface area (Å²) in [6.07, 6.45) is 2.01. The SMILES string of the molecule is Cc1nnc(-c2ccc(-c3ccc(O)c4c3C(=O)N([C@H](C3CC3)C(C)(C)O)C4)cc2)o1. The van der Waals surface area contributed by atoms with Gasteiger partial charge in [0.15, 0.2) is 0 Å². The molecule has 0 unspecified atom stereocenters. The van der Waals surface area contributed by atoms with Gasteiger partial charge in [-0.25, -0.2) is 0 Å². The lowest BCUT2D eigenvalue weighted by molar-refractivity contribution is -0.0224. The highest BCUT2D eigenvalue weighted by Crippen LogP contribution is 2.45. The van der Waals surface area contributed by atoms with Crippen molar-refractivity contribution >= 4 is 5.91 Å². The van der Waals surface area contributed by atoms with Gasteiger partial charge in [0.2, 0.25) is 11.8 Å². The number of aromatic nitrogens is 2. The first-order valence-corrected chi connectivity index (χ1v) is 10.5. The Kier molecular flexibility index (Phi) is 4.41. The number of phenolic OH excluding ortho intramolecular Hbond substituents is 1. The number of phenols is 1. The summed E-state index contributed by atoms with van der Waals surface area (Å²) in [6.45, 7) is 5.55. The van der Waals surface area contributed by atoms with E-state index in [9.17, 15) is 15.0 Å². The Balaban J connectivity index is 1.53. The first kappa shape index (κ1) is 19.8. The lowest BCUT2D eigenvalue weighted by atomic mass is 9.92. The van der Waals surface area contributed by atoms with Gasteiger partial charge >= 0.3 is 0 Å². The number of carbonyl (C=O) groups is 1. The van der Waals surface area contributed by atoms with Crippen LogP contribution in [0.3, 0.4) is 0 Å². The monoisotopic (exact) mass is 419 g/mol. The molecule has 0 spiro atoms. The van der Waals surface area contributed by atoms with Gasteiger partial charge in [0.25, 0.3) is 5.91 Å². The molecule has 1 atom stereocenters. The number of aryl methyl sites for hydroxylation is 1. The highest BCUT2D eigenvalue weighted by Gasteiger charge is 2.48. The van der Waals surface area contributed by atoms with Crippen LogP contribution in [-0.4, -0.2) is 42.9 Å². The van der Waals surface area contributed by atoms with E-state index >= 15 is 0 Å². The predicted octanol–water partition coefficient (Wildman–Crippen LogP) is 3.92. The zero-order chi connectivity index (χ0) is 21.9. The van der Waals surface area contributed by atoms with Gasteiger partial charge in [-0.2, -0.15) is 0 Å². The van der Waals surface area contributed by atoms with Crippen LogP contribution in [0.2, 0.25) is 0 Å². The molecule has 160 valence electrons. The van der Waals surface area contributed by atoms with Crippen LogP contribution in [0.25, 0.3) is 22.6 Å². The highest BCUT2D eigenvalue weighted by atomic mass is 16.4. The summed E-state index contributed by atoms with van der Waals surface area (Å²) in [5, 5.41) is 29.2. The number of fused-ring (bicyclic) bond motifs is 1. The van der Waals surface area contributed by atoms with Gasteiger partial charge in [0.05, 0.1) is 23.8 Å². The number of hydrogen-bond acceptors (Lipinski definition) is 6. The first-order chi connectivity index (χ1) is 14.7. The van der Waals surface area contributed by atoms with Gasteiger partial charge in [-0.05, 0) is 68.0 Å². The first-order valence-electron chi connectivity index (χ1n) is 10.5. The standard InChI is InChI=1S/C24H25N3O4/c1-13-25-26-22(31-13)16-8-4-14(5-9-16)17-10-11-19(28)18-12-27(23(29)20(17)18)21(15-6-7-15)24(2,3)30/h4-5,8-11,15,21,28,30H,6-7,12H2,1-3H3/t21-/m1/s1. The smallest absolute Gasteiger partial charge is 0.255 e. The van der Waals surface area contributed by atoms with Gasteiger partial charge in [0.1, 0.15) is 5.75 Å².